The average molecular weight is 370 g/mol. The lowest BCUT2D eigenvalue weighted by atomic mass is 9.88. The molecule has 7 nitrogen and oxygen atoms in total. The number of carbonyl (C=O) groups excluding carboxylic acids is 1. The molecule has 1 aromatic heterocycles. The van der Waals surface area contributed by atoms with E-state index in [9.17, 15) is 4.79 Å². The summed E-state index contributed by atoms with van der Waals surface area (Å²) in [6.45, 7) is 3.26. The van der Waals surface area contributed by atoms with Crippen LogP contribution in [0.5, 0.6) is 11.6 Å². The van der Waals surface area contributed by atoms with Crippen LogP contribution in [0.2, 0.25) is 0 Å². The third-order valence-corrected chi connectivity index (χ3v) is 4.63. The number of rotatable bonds is 7. The summed E-state index contributed by atoms with van der Waals surface area (Å²) in [5.41, 5.74) is 0.681. The monoisotopic (exact) mass is 370 g/mol. The van der Waals surface area contributed by atoms with Crippen LogP contribution in [-0.4, -0.2) is 35.3 Å². The Bertz CT molecular complexity index is 709. The molecule has 2 N–H and O–H groups in total. The maximum Gasteiger partial charge on any atom is 0.319 e. The molecule has 1 aliphatic carbocycles. The molecular weight excluding hydrogens is 344 g/mol. The molecular formula is C20H26N4O3. The van der Waals surface area contributed by atoms with E-state index >= 15 is 0 Å². The van der Waals surface area contributed by atoms with Gasteiger partial charge in [0.15, 0.2) is 0 Å². The van der Waals surface area contributed by atoms with Crippen molar-refractivity contribution in [1.82, 2.24) is 15.3 Å². The van der Waals surface area contributed by atoms with E-state index in [4.69, 9.17) is 9.47 Å². The molecule has 0 spiro atoms. The highest BCUT2D eigenvalue weighted by atomic mass is 16.5. The number of nitrogens with zero attached hydrogens (tertiary/aromatic N) is 2. The predicted molar refractivity (Wildman–Crippen MR) is 103 cm³/mol. The van der Waals surface area contributed by atoms with Gasteiger partial charge in [0.05, 0.1) is 18.9 Å². The number of benzene rings is 1. The molecule has 0 saturated heterocycles. The molecule has 1 saturated carbocycles. The first-order chi connectivity index (χ1) is 13.2. The van der Waals surface area contributed by atoms with Crippen molar-refractivity contribution in [2.24, 2.45) is 5.92 Å². The van der Waals surface area contributed by atoms with Gasteiger partial charge in [-0.15, -0.1) is 0 Å². The smallest absolute Gasteiger partial charge is 0.319 e. The fourth-order valence-corrected chi connectivity index (χ4v) is 3.15. The standard InChI is InChI=1S/C20H26N4O3/c1-15-4-2-3-5-18(15)26-13-12-23-20(25)24-16-6-8-17(9-7-16)27-19-14-21-10-11-22-19/h6-11,14-15,18H,2-5,12-13H2,1H3,(H2,23,24,25)/t15-,18-/m1/s1. The molecule has 1 aromatic carbocycles. The Morgan fingerprint density at radius 3 is 2.74 bits per heavy atom. The maximum atomic E-state index is 12.0. The van der Waals surface area contributed by atoms with Gasteiger partial charge >= 0.3 is 6.03 Å². The maximum absolute atomic E-state index is 12.0. The quantitative estimate of drug-likeness (QED) is 0.720. The van der Waals surface area contributed by atoms with E-state index in [1.165, 1.54) is 25.5 Å². The first kappa shape index (κ1) is 19.1. The zero-order valence-corrected chi connectivity index (χ0v) is 15.6. The topological polar surface area (TPSA) is 85.4 Å². The summed E-state index contributed by atoms with van der Waals surface area (Å²) in [4.78, 5) is 20.0. The van der Waals surface area contributed by atoms with Gasteiger partial charge < -0.3 is 20.1 Å². The van der Waals surface area contributed by atoms with Gasteiger partial charge in [-0.25, -0.2) is 9.78 Å². The number of hydrogen-bond acceptors (Lipinski definition) is 5. The van der Waals surface area contributed by atoms with Crippen LogP contribution in [0.3, 0.4) is 0 Å². The van der Waals surface area contributed by atoms with Crippen molar-refractivity contribution >= 4 is 11.7 Å². The number of ether oxygens (including phenoxy) is 2. The molecule has 2 atom stereocenters. The fourth-order valence-electron chi connectivity index (χ4n) is 3.15. The number of amides is 2. The van der Waals surface area contributed by atoms with Crippen LogP contribution in [-0.2, 0) is 4.74 Å². The van der Waals surface area contributed by atoms with Crippen LogP contribution in [0.4, 0.5) is 10.5 Å². The molecule has 0 bridgehead atoms. The summed E-state index contributed by atoms with van der Waals surface area (Å²) in [7, 11) is 0. The second-order valence-electron chi connectivity index (χ2n) is 6.72. The molecule has 0 aliphatic heterocycles. The molecule has 1 fully saturated rings. The van der Waals surface area contributed by atoms with Gasteiger partial charge in [0.2, 0.25) is 5.88 Å². The molecule has 27 heavy (non-hydrogen) atoms. The minimum Gasteiger partial charge on any atom is -0.438 e. The van der Waals surface area contributed by atoms with E-state index in [0.717, 1.165) is 6.42 Å². The second kappa shape index (κ2) is 9.87. The van der Waals surface area contributed by atoms with E-state index in [1.807, 2.05) is 0 Å². The van der Waals surface area contributed by atoms with Crippen molar-refractivity contribution in [1.29, 1.82) is 0 Å². The third kappa shape index (κ3) is 6.21. The van der Waals surface area contributed by atoms with Gasteiger partial charge in [-0.3, -0.25) is 4.98 Å². The highest BCUT2D eigenvalue weighted by molar-refractivity contribution is 5.89. The molecule has 3 rings (SSSR count). The van der Waals surface area contributed by atoms with Crippen LogP contribution in [0.1, 0.15) is 32.6 Å². The molecule has 1 aliphatic rings. The van der Waals surface area contributed by atoms with Crippen LogP contribution in [0.25, 0.3) is 0 Å². The highest BCUT2D eigenvalue weighted by Crippen LogP contribution is 2.26. The van der Waals surface area contributed by atoms with Gasteiger partial charge in [-0.05, 0) is 43.0 Å². The summed E-state index contributed by atoms with van der Waals surface area (Å²) in [5.74, 6) is 1.65. The Labute approximate surface area is 159 Å². The number of urea groups is 1. The number of nitrogens with one attached hydrogen (secondary N) is 2. The number of anilines is 1. The first-order valence-electron chi connectivity index (χ1n) is 9.41. The minimum absolute atomic E-state index is 0.252. The zero-order chi connectivity index (χ0) is 18.9. The Morgan fingerprint density at radius 2 is 2.00 bits per heavy atom. The fraction of sp³-hybridized carbons (Fsp3) is 0.450. The van der Waals surface area contributed by atoms with E-state index in [-0.39, 0.29) is 6.03 Å². The van der Waals surface area contributed by atoms with Gasteiger partial charge in [0.25, 0.3) is 0 Å². The molecule has 7 heteroatoms. The van der Waals surface area contributed by atoms with Crippen molar-refractivity contribution < 1.29 is 14.3 Å². The second-order valence-corrected chi connectivity index (χ2v) is 6.72. The van der Waals surface area contributed by atoms with E-state index < -0.39 is 0 Å². The van der Waals surface area contributed by atoms with E-state index in [2.05, 4.69) is 27.5 Å². The number of aromatic nitrogens is 2. The third-order valence-electron chi connectivity index (χ3n) is 4.63. The molecule has 1 heterocycles. The summed E-state index contributed by atoms with van der Waals surface area (Å²) in [5, 5.41) is 5.61. The molecule has 2 aromatic rings. The normalized spacial score (nSPS) is 19.3. The van der Waals surface area contributed by atoms with Crippen LogP contribution in [0.15, 0.2) is 42.9 Å². The largest absolute Gasteiger partial charge is 0.438 e. The van der Waals surface area contributed by atoms with Gasteiger partial charge in [-0.1, -0.05) is 19.8 Å². The van der Waals surface area contributed by atoms with Crippen LogP contribution in [0, 0.1) is 5.92 Å². The predicted octanol–water partition coefficient (Wildman–Crippen LogP) is 3.99. The lowest BCUT2D eigenvalue weighted by Gasteiger charge is -2.28. The van der Waals surface area contributed by atoms with Crippen molar-refractivity contribution in [2.45, 2.75) is 38.7 Å². The average Bonchev–Trinajstić information content (AvgIpc) is 2.69. The van der Waals surface area contributed by atoms with Gasteiger partial charge in [-0.2, -0.15) is 0 Å². The summed E-state index contributed by atoms with van der Waals surface area (Å²) < 4.78 is 11.5. The Morgan fingerprint density at radius 1 is 1.19 bits per heavy atom. The summed E-state index contributed by atoms with van der Waals surface area (Å²) in [6.07, 6.45) is 9.89. The molecule has 0 radical (unpaired) electrons. The number of hydrogen-bond donors (Lipinski definition) is 2. The van der Waals surface area contributed by atoms with Crippen molar-refractivity contribution in [3.05, 3.63) is 42.9 Å². The molecule has 0 unspecified atom stereocenters. The highest BCUT2D eigenvalue weighted by Gasteiger charge is 2.21. The van der Waals surface area contributed by atoms with Crippen molar-refractivity contribution in [2.75, 3.05) is 18.5 Å². The van der Waals surface area contributed by atoms with Crippen molar-refractivity contribution in [3.63, 3.8) is 0 Å². The van der Waals surface area contributed by atoms with Crippen LogP contribution < -0.4 is 15.4 Å². The Kier molecular flexibility index (Phi) is 6.98. The molecule has 144 valence electrons. The van der Waals surface area contributed by atoms with E-state index in [1.54, 1.807) is 36.7 Å². The Balaban J connectivity index is 1.36. The lowest BCUT2D eigenvalue weighted by molar-refractivity contribution is -0.00232. The summed E-state index contributed by atoms with van der Waals surface area (Å²) in [6, 6.07) is 6.81. The molecule has 2 amide bonds. The van der Waals surface area contributed by atoms with E-state index in [0.29, 0.717) is 42.5 Å². The lowest BCUT2D eigenvalue weighted by Crippen LogP contribution is -2.34. The minimum atomic E-state index is -0.252. The van der Waals surface area contributed by atoms with Gasteiger partial charge in [0, 0.05) is 24.6 Å². The van der Waals surface area contributed by atoms with Crippen molar-refractivity contribution in [3.8, 4) is 11.6 Å². The zero-order valence-electron chi connectivity index (χ0n) is 15.6. The Hall–Kier alpha value is -2.67. The first-order valence-corrected chi connectivity index (χ1v) is 9.41. The van der Waals surface area contributed by atoms with Gasteiger partial charge in [0.1, 0.15) is 5.75 Å². The summed E-state index contributed by atoms with van der Waals surface area (Å²) >= 11 is 0. The van der Waals surface area contributed by atoms with Crippen LogP contribution >= 0.6 is 0 Å². The number of carbonyl (C=O) groups is 1. The SMILES string of the molecule is C[C@@H]1CCCC[C@H]1OCCNC(=O)Nc1ccc(Oc2cnccn2)cc1.